The topological polar surface area (TPSA) is 126 Å². The van der Waals surface area contributed by atoms with E-state index in [1.807, 2.05) is 87.5 Å². The van der Waals surface area contributed by atoms with E-state index in [0.717, 1.165) is 24.1 Å². The van der Waals surface area contributed by atoms with Crippen LogP contribution in [0.5, 0.6) is 5.75 Å². The summed E-state index contributed by atoms with van der Waals surface area (Å²) in [6.07, 6.45) is 0.728. The van der Waals surface area contributed by atoms with Crippen molar-refractivity contribution in [3.8, 4) is 11.8 Å². The first-order chi connectivity index (χ1) is 22.4. The summed E-state index contributed by atoms with van der Waals surface area (Å²) in [6.45, 7) is 7.29. The van der Waals surface area contributed by atoms with E-state index >= 15 is 0 Å². The van der Waals surface area contributed by atoms with Crippen LogP contribution in [0.15, 0.2) is 78.9 Å². The Labute approximate surface area is 282 Å². The third-order valence-corrected chi connectivity index (χ3v) is 8.62. The van der Waals surface area contributed by atoms with Gasteiger partial charge in [0.05, 0.1) is 23.3 Å². The maximum Gasteiger partial charge on any atom is 0.410 e. The highest BCUT2D eigenvalue weighted by Crippen LogP contribution is 2.27. The minimum Gasteiger partial charge on any atom is -0.489 e. The number of nitriles is 1. The van der Waals surface area contributed by atoms with Crippen LogP contribution in [-0.4, -0.2) is 93.5 Å². The fourth-order valence-corrected chi connectivity index (χ4v) is 6.18. The minimum absolute atomic E-state index is 0.0251. The van der Waals surface area contributed by atoms with Crippen molar-refractivity contribution < 1.29 is 29.6 Å². The summed E-state index contributed by atoms with van der Waals surface area (Å²) in [5, 5.41) is 40.4. The number of benzene rings is 3. The normalized spacial score (nSPS) is 21.8. The van der Waals surface area contributed by atoms with Crippen molar-refractivity contribution in [3.63, 3.8) is 0 Å². The molecule has 5 atom stereocenters. The van der Waals surface area contributed by atoms with E-state index in [2.05, 4.69) is 4.90 Å². The SMILES string of the molecule is CC(C)(C)OC(=O)N1CC[C@@H](O)[C@H]1Cc1ccccc1.N#Cc1c(Cl)cccc1OC[C@H](O)CN1CC[C@@H](O)[C@H]1Cc1ccccc1. The van der Waals surface area contributed by atoms with E-state index in [4.69, 9.17) is 21.1 Å². The van der Waals surface area contributed by atoms with Gasteiger partial charge in [-0.1, -0.05) is 78.3 Å². The van der Waals surface area contributed by atoms with Gasteiger partial charge in [-0.3, -0.25) is 4.90 Å². The number of likely N-dealkylation sites (tertiary alicyclic amines) is 2. The predicted molar refractivity (Wildman–Crippen MR) is 181 cm³/mol. The Hall–Kier alpha value is -3.65. The monoisotopic (exact) mass is 663 g/mol. The molecule has 0 aromatic heterocycles. The first-order valence-electron chi connectivity index (χ1n) is 16.1. The number of rotatable bonds is 9. The standard InChI is InChI=1S/C21H23ClN2O3.C16H23NO3/c22-18-7-4-8-21(17(18)12-23)27-14-16(25)13-24-10-9-20(26)19(24)11-15-5-2-1-3-6-15;1-16(2,3)20-15(19)17-10-9-14(18)13(17)11-12-7-5-4-6-8-12/h1-8,16,19-20,25-26H,9-11,13-14H2;4-8,13-14,18H,9-11H2,1-3H3/t16-,19-,20-;13-,14-/m11/s1. The van der Waals surface area contributed by atoms with Crippen molar-refractivity contribution in [2.75, 3.05) is 26.2 Å². The van der Waals surface area contributed by atoms with E-state index in [9.17, 15) is 25.4 Å². The lowest BCUT2D eigenvalue weighted by Crippen LogP contribution is -2.43. The molecule has 0 saturated carbocycles. The predicted octanol–water partition coefficient (Wildman–Crippen LogP) is 5.23. The van der Waals surface area contributed by atoms with Gasteiger partial charge in [-0.05, 0) is 69.7 Å². The quantitative estimate of drug-likeness (QED) is 0.284. The summed E-state index contributed by atoms with van der Waals surface area (Å²) in [6, 6.07) is 26.7. The third kappa shape index (κ3) is 10.7. The second-order valence-electron chi connectivity index (χ2n) is 13.1. The van der Waals surface area contributed by atoms with Crippen LogP contribution in [0.3, 0.4) is 0 Å². The van der Waals surface area contributed by atoms with E-state index < -0.39 is 23.9 Å². The van der Waals surface area contributed by atoms with Gasteiger partial charge in [0.15, 0.2) is 0 Å². The number of halogens is 1. The molecule has 1 amide bonds. The summed E-state index contributed by atoms with van der Waals surface area (Å²) in [4.78, 5) is 16.0. The molecule has 9 nitrogen and oxygen atoms in total. The lowest BCUT2D eigenvalue weighted by atomic mass is 10.0. The highest BCUT2D eigenvalue weighted by Gasteiger charge is 2.38. The van der Waals surface area contributed by atoms with Crippen LogP contribution in [-0.2, 0) is 17.6 Å². The third-order valence-electron chi connectivity index (χ3n) is 8.30. The number of β-amino-alcohol motifs (C(OH)–C–C–N with tert-alkyl or cyclic N) is 1. The zero-order valence-corrected chi connectivity index (χ0v) is 28.1. The molecule has 3 aromatic rings. The summed E-state index contributed by atoms with van der Waals surface area (Å²) >= 11 is 5.99. The van der Waals surface area contributed by atoms with E-state index in [1.165, 1.54) is 0 Å². The average molecular weight is 664 g/mol. The van der Waals surface area contributed by atoms with Gasteiger partial charge in [0.2, 0.25) is 0 Å². The van der Waals surface area contributed by atoms with Gasteiger partial charge in [-0.25, -0.2) is 4.79 Å². The van der Waals surface area contributed by atoms with Gasteiger partial charge in [0, 0.05) is 25.7 Å². The second-order valence-corrected chi connectivity index (χ2v) is 13.5. The molecule has 252 valence electrons. The summed E-state index contributed by atoms with van der Waals surface area (Å²) < 4.78 is 11.0. The van der Waals surface area contributed by atoms with Crippen molar-refractivity contribution in [3.05, 3.63) is 101 Å². The molecule has 5 rings (SSSR count). The Morgan fingerprint density at radius 3 is 2.09 bits per heavy atom. The van der Waals surface area contributed by atoms with Crippen LogP contribution in [0.1, 0.15) is 50.3 Å². The number of amides is 1. The average Bonchev–Trinajstić information content (AvgIpc) is 3.57. The van der Waals surface area contributed by atoms with Gasteiger partial charge < -0.3 is 29.7 Å². The summed E-state index contributed by atoms with van der Waals surface area (Å²) in [7, 11) is 0. The molecule has 3 N–H and O–H groups in total. The lowest BCUT2D eigenvalue weighted by molar-refractivity contribution is 0.0156. The van der Waals surface area contributed by atoms with Crippen molar-refractivity contribution in [2.45, 2.75) is 82.5 Å². The van der Waals surface area contributed by atoms with E-state index in [-0.39, 0.29) is 30.3 Å². The molecule has 0 radical (unpaired) electrons. The number of hydrogen-bond donors (Lipinski definition) is 3. The lowest BCUT2D eigenvalue weighted by Gasteiger charge is -2.29. The van der Waals surface area contributed by atoms with Crippen LogP contribution >= 0.6 is 11.6 Å². The molecule has 0 unspecified atom stereocenters. The molecule has 2 heterocycles. The number of nitrogens with zero attached hydrogens (tertiary/aromatic N) is 3. The number of ether oxygens (including phenoxy) is 2. The molecular formula is C37H46ClN3O6. The number of carbonyl (C=O) groups excluding carboxylic acids is 1. The Kier molecular flexibility index (Phi) is 13.1. The van der Waals surface area contributed by atoms with Crippen LogP contribution < -0.4 is 4.74 Å². The first-order valence-corrected chi connectivity index (χ1v) is 16.5. The van der Waals surface area contributed by atoms with E-state index in [0.29, 0.717) is 43.1 Å². The Balaban J connectivity index is 0.000000223. The molecule has 2 fully saturated rings. The fraction of sp³-hybridized carbons (Fsp3) is 0.459. The smallest absolute Gasteiger partial charge is 0.410 e. The molecule has 2 saturated heterocycles. The second kappa shape index (κ2) is 17.0. The largest absolute Gasteiger partial charge is 0.489 e. The number of hydrogen-bond acceptors (Lipinski definition) is 8. The van der Waals surface area contributed by atoms with Gasteiger partial charge in [-0.2, -0.15) is 5.26 Å². The van der Waals surface area contributed by atoms with Crippen molar-refractivity contribution in [1.82, 2.24) is 9.80 Å². The molecule has 0 spiro atoms. The summed E-state index contributed by atoms with van der Waals surface area (Å²) in [5.74, 6) is 0.367. The zero-order valence-electron chi connectivity index (χ0n) is 27.3. The number of aliphatic hydroxyl groups is 3. The molecule has 0 bridgehead atoms. The van der Waals surface area contributed by atoms with Gasteiger partial charge >= 0.3 is 6.09 Å². The number of carbonyl (C=O) groups is 1. The Morgan fingerprint density at radius 2 is 1.49 bits per heavy atom. The Bertz CT molecular complexity index is 1460. The molecular weight excluding hydrogens is 618 g/mol. The maximum absolute atomic E-state index is 12.2. The van der Waals surface area contributed by atoms with Gasteiger partial charge in [0.25, 0.3) is 0 Å². The summed E-state index contributed by atoms with van der Waals surface area (Å²) in [5.41, 5.74) is 2.04. The van der Waals surface area contributed by atoms with Crippen molar-refractivity contribution in [1.29, 1.82) is 5.26 Å². The maximum atomic E-state index is 12.2. The Morgan fingerprint density at radius 1 is 0.915 bits per heavy atom. The first kappa shape index (κ1) is 36.2. The van der Waals surface area contributed by atoms with Crippen LogP contribution in [0.25, 0.3) is 0 Å². The van der Waals surface area contributed by atoms with Crippen LogP contribution in [0.2, 0.25) is 5.02 Å². The zero-order chi connectivity index (χ0) is 34.0. The van der Waals surface area contributed by atoms with Gasteiger partial charge in [0.1, 0.15) is 35.7 Å². The molecule has 2 aliphatic heterocycles. The highest BCUT2D eigenvalue weighted by molar-refractivity contribution is 6.31. The molecule has 0 aliphatic carbocycles. The van der Waals surface area contributed by atoms with Gasteiger partial charge in [-0.15, -0.1) is 0 Å². The van der Waals surface area contributed by atoms with Crippen LogP contribution in [0.4, 0.5) is 4.79 Å². The highest BCUT2D eigenvalue weighted by atomic mass is 35.5. The fourth-order valence-electron chi connectivity index (χ4n) is 5.98. The molecule has 10 heteroatoms. The van der Waals surface area contributed by atoms with Crippen molar-refractivity contribution >= 4 is 17.7 Å². The minimum atomic E-state index is -0.737. The van der Waals surface area contributed by atoms with Crippen LogP contribution in [0, 0.1) is 11.3 Å². The molecule has 3 aromatic carbocycles. The molecule has 47 heavy (non-hydrogen) atoms. The molecule has 2 aliphatic rings. The van der Waals surface area contributed by atoms with E-state index in [1.54, 1.807) is 23.1 Å². The number of aliphatic hydroxyl groups excluding tert-OH is 3. The van der Waals surface area contributed by atoms with Crippen molar-refractivity contribution in [2.24, 2.45) is 0 Å².